The van der Waals surface area contributed by atoms with Gasteiger partial charge in [0.15, 0.2) is 0 Å². The van der Waals surface area contributed by atoms with E-state index in [9.17, 15) is 0 Å². The van der Waals surface area contributed by atoms with Crippen LogP contribution in [-0.4, -0.2) is 19.2 Å². The lowest BCUT2D eigenvalue weighted by Crippen LogP contribution is -2.36. The summed E-state index contributed by atoms with van der Waals surface area (Å²) in [6.07, 6.45) is 8.25. The zero-order valence-electron chi connectivity index (χ0n) is 12.4. The van der Waals surface area contributed by atoms with Crippen LogP contribution in [0, 0.1) is 5.92 Å². The number of hydrogen-bond donors (Lipinski definition) is 1. The highest BCUT2D eigenvalue weighted by atomic mass is 35.5. The largest absolute Gasteiger partial charge is 0.492 e. The first-order valence-corrected chi connectivity index (χ1v) is 8.27. The summed E-state index contributed by atoms with van der Waals surface area (Å²) in [7, 11) is 0. The topological polar surface area (TPSA) is 21.3 Å². The summed E-state index contributed by atoms with van der Waals surface area (Å²) in [4.78, 5) is 0. The molecule has 1 aromatic rings. The Morgan fingerprint density at radius 1 is 1.20 bits per heavy atom. The first kappa shape index (κ1) is 15.7. The number of ether oxygens (including phenoxy) is 1. The van der Waals surface area contributed by atoms with Gasteiger partial charge >= 0.3 is 0 Å². The summed E-state index contributed by atoms with van der Waals surface area (Å²) < 4.78 is 5.90. The Kier molecular flexibility index (Phi) is 6.68. The Bertz CT molecular complexity index is 373. The highest BCUT2D eigenvalue weighted by molar-refractivity contribution is 6.30. The Balaban J connectivity index is 1.80. The third-order valence-electron chi connectivity index (χ3n) is 4.10. The van der Waals surface area contributed by atoms with E-state index in [2.05, 4.69) is 12.2 Å². The summed E-state index contributed by atoms with van der Waals surface area (Å²) in [6.45, 7) is 3.91. The molecule has 0 aliphatic heterocycles. The van der Waals surface area contributed by atoms with Crippen molar-refractivity contribution in [2.75, 3.05) is 13.2 Å². The standard InChI is InChI=1S/C17H26ClNO/c1-2-19-16(12-14-6-4-3-5-7-14)13-20-17-10-8-15(18)9-11-17/h8-11,14,16,19H,2-7,12-13H2,1H3. The van der Waals surface area contributed by atoms with Crippen molar-refractivity contribution in [3.05, 3.63) is 29.3 Å². The first-order valence-electron chi connectivity index (χ1n) is 7.89. The Morgan fingerprint density at radius 3 is 2.55 bits per heavy atom. The number of nitrogens with one attached hydrogen (secondary N) is 1. The van der Waals surface area contributed by atoms with Crippen LogP contribution in [0.2, 0.25) is 5.02 Å². The first-order chi connectivity index (χ1) is 9.78. The maximum absolute atomic E-state index is 5.90. The van der Waals surface area contributed by atoms with E-state index in [1.165, 1.54) is 38.5 Å². The summed E-state index contributed by atoms with van der Waals surface area (Å²) in [5, 5.41) is 4.31. The zero-order chi connectivity index (χ0) is 14.2. The molecule has 0 radical (unpaired) electrons. The smallest absolute Gasteiger partial charge is 0.119 e. The molecule has 0 spiro atoms. The molecule has 1 aliphatic rings. The van der Waals surface area contributed by atoms with E-state index in [0.717, 1.165) is 29.8 Å². The van der Waals surface area contributed by atoms with Crippen LogP contribution in [0.3, 0.4) is 0 Å². The van der Waals surface area contributed by atoms with Crippen LogP contribution in [0.25, 0.3) is 0 Å². The molecule has 1 atom stereocenters. The van der Waals surface area contributed by atoms with Gasteiger partial charge in [0, 0.05) is 11.1 Å². The van der Waals surface area contributed by atoms with Gasteiger partial charge in [-0.2, -0.15) is 0 Å². The maximum Gasteiger partial charge on any atom is 0.119 e. The van der Waals surface area contributed by atoms with Gasteiger partial charge in [0.2, 0.25) is 0 Å². The van der Waals surface area contributed by atoms with Gasteiger partial charge in [-0.3, -0.25) is 0 Å². The zero-order valence-corrected chi connectivity index (χ0v) is 13.2. The molecule has 0 bridgehead atoms. The van der Waals surface area contributed by atoms with Crippen molar-refractivity contribution >= 4 is 11.6 Å². The van der Waals surface area contributed by atoms with Crippen LogP contribution in [0.15, 0.2) is 24.3 Å². The quantitative estimate of drug-likeness (QED) is 0.789. The molecule has 1 N–H and O–H groups in total. The highest BCUT2D eigenvalue weighted by Crippen LogP contribution is 2.27. The van der Waals surface area contributed by atoms with Crippen molar-refractivity contribution in [2.45, 2.75) is 51.5 Å². The number of hydrogen-bond acceptors (Lipinski definition) is 2. The molecule has 0 aromatic heterocycles. The summed E-state index contributed by atoms with van der Waals surface area (Å²) >= 11 is 5.89. The van der Waals surface area contributed by atoms with Gasteiger partial charge in [-0.15, -0.1) is 0 Å². The van der Waals surface area contributed by atoms with E-state index in [4.69, 9.17) is 16.3 Å². The predicted octanol–water partition coefficient (Wildman–Crippen LogP) is 4.67. The van der Waals surface area contributed by atoms with Gasteiger partial charge in [-0.25, -0.2) is 0 Å². The van der Waals surface area contributed by atoms with Crippen LogP contribution >= 0.6 is 11.6 Å². The van der Waals surface area contributed by atoms with Gasteiger partial charge < -0.3 is 10.1 Å². The third kappa shape index (κ3) is 5.34. The maximum atomic E-state index is 5.90. The molecule has 2 rings (SSSR count). The average molecular weight is 296 g/mol. The second kappa shape index (κ2) is 8.53. The van der Waals surface area contributed by atoms with Crippen molar-refractivity contribution in [2.24, 2.45) is 5.92 Å². The molecule has 112 valence electrons. The summed E-state index contributed by atoms with van der Waals surface area (Å²) in [6, 6.07) is 8.08. The van der Waals surface area contributed by atoms with Crippen molar-refractivity contribution in [1.82, 2.24) is 5.32 Å². The average Bonchev–Trinajstić information content (AvgIpc) is 2.48. The van der Waals surface area contributed by atoms with Gasteiger partial charge in [-0.1, -0.05) is 50.6 Å². The Hall–Kier alpha value is -0.730. The van der Waals surface area contributed by atoms with E-state index >= 15 is 0 Å². The monoisotopic (exact) mass is 295 g/mol. The molecule has 1 aliphatic carbocycles. The van der Waals surface area contributed by atoms with Crippen molar-refractivity contribution < 1.29 is 4.74 Å². The molecule has 20 heavy (non-hydrogen) atoms. The minimum Gasteiger partial charge on any atom is -0.492 e. The molecule has 1 aromatic carbocycles. The van der Waals surface area contributed by atoms with E-state index in [1.807, 2.05) is 24.3 Å². The fourth-order valence-corrected chi connectivity index (χ4v) is 3.18. The molecular weight excluding hydrogens is 270 g/mol. The molecule has 0 heterocycles. The van der Waals surface area contributed by atoms with Crippen LogP contribution in [-0.2, 0) is 0 Å². The van der Waals surface area contributed by atoms with Crippen LogP contribution in [0.4, 0.5) is 0 Å². The van der Waals surface area contributed by atoms with Crippen LogP contribution < -0.4 is 10.1 Å². The van der Waals surface area contributed by atoms with E-state index in [1.54, 1.807) is 0 Å². The lowest BCUT2D eigenvalue weighted by atomic mass is 9.85. The molecule has 0 saturated heterocycles. The molecular formula is C17H26ClNO. The van der Waals surface area contributed by atoms with Crippen molar-refractivity contribution in [3.63, 3.8) is 0 Å². The Labute approximate surface area is 127 Å². The SMILES string of the molecule is CCNC(COc1ccc(Cl)cc1)CC1CCCCC1. The number of likely N-dealkylation sites (N-methyl/N-ethyl adjacent to an activating group) is 1. The lowest BCUT2D eigenvalue weighted by molar-refractivity contribution is 0.221. The molecule has 2 nitrogen and oxygen atoms in total. The molecule has 1 unspecified atom stereocenters. The fraction of sp³-hybridized carbons (Fsp3) is 0.647. The normalized spacial score (nSPS) is 17.9. The van der Waals surface area contributed by atoms with Crippen LogP contribution in [0.5, 0.6) is 5.75 Å². The van der Waals surface area contributed by atoms with Gasteiger partial charge in [0.25, 0.3) is 0 Å². The number of benzene rings is 1. The van der Waals surface area contributed by atoms with Crippen LogP contribution in [0.1, 0.15) is 45.4 Å². The lowest BCUT2D eigenvalue weighted by Gasteiger charge is -2.27. The van der Waals surface area contributed by atoms with Gasteiger partial charge in [0.05, 0.1) is 0 Å². The second-order valence-electron chi connectivity index (χ2n) is 5.76. The summed E-state index contributed by atoms with van der Waals surface area (Å²) in [5.41, 5.74) is 0. The predicted molar refractivity (Wildman–Crippen MR) is 85.6 cm³/mol. The van der Waals surface area contributed by atoms with E-state index in [-0.39, 0.29) is 0 Å². The molecule has 1 fully saturated rings. The minimum atomic E-state index is 0.457. The Morgan fingerprint density at radius 2 is 1.90 bits per heavy atom. The van der Waals surface area contributed by atoms with Crippen molar-refractivity contribution in [3.8, 4) is 5.75 Å². The minimum absolute atomic E-state index is 0.457. The molecule has 3 heteroatoms. The van der Waals surface area contributed by atoms with Gasteiger partial charge in [-0.05, 0) is 43.1 Å². The second-order valence-corrected chi connectivity index (χ2v) is 6.20. The van der Waals surface area contributed by atoms with Gasteiger partial charge in [0.1, 0.15) is 12.4 Å². The molecule has 0 amide bonds. The molecule has 1 saturated carbocycles. The van der Waals surface area contributed by atoms with E-state index < -0.39 is 0 Å². The van der Waals surface area contributed by atoms with E-state index in [0.29, 0.717) is 6.04 Å². The van der Waals surface area contributed by atoms with Crippen molar-refractivity contribution in [1.29, 1.82) is 0 Å². The number of rotatable bonds is 7. The number of halogens is 1. The highest BCUT2D eigenvalue weighted by Gasteiger charge is 2.18. The fourth-order valence-electron chi connectivity index (χ4n) is 3.05. The summed E-state index contributed by atoms with van der Waals surface area (Å²) in [5.74, 6) is 1.78. The third-order valence-corrected chi connectivity index (χ3v) is 4.35.